The van der Waals surface area contributed by atoms with Crippen LogP contribution in [0.4, 0.5) is 0 Å². The minimum Gasteiger partial charge on any atom is -0.492 e. The largest absolute Gasteiger partial charge is 0.492 e. The van der Waals surface area contributed by atoms with Crippen molar-refractivity contribution in [3.05, 3.63) is 29.3 Å². The van der Waals surface area contributed by atoms with Crippen molar-refractivity contribution >= 4 is 5.97 Å². The summed E-state index contributed by atoms with van der Waals surface area (Å²) in [7, 11) is 2.04. The van der Waals surface area contributed by atoms with Crippen LogP contribution in [-0.2, 0) is 6.54 Å². The number of carboxylic acid groups (broad SMARTS) is 1. The molecule has 0 aromatic heterocycles. The van der Waals surface area contributed by atoms with Crippen LogP contribution in [0.5, 0.6) is 5.75 Å². The predicted molar refractivity (Wildman–Crippen MR) is 59.8 cm³/mol. The van der Waals surface area contributed by atoms with E-state index in [2.05, 4.69) is 11.8 Å². The van der Waals surface area contributed by atoms with E-state index >= 15 is 0 Å². The first-order valence-electron chi connectivity index (χ1n) is 5.27. The number of rotatable bonds is 1. The zero-order valence-electron chi connectivity index (χ0n) is 9.43. The van der Waals surface area contributed by atoms with Gasteiger partial charge in [-0.1, -0.05) is 6.07 Å². The molecular weight excluding hydrogens is 206 g/mol. The Morgan fingerprint density at radius 2 is 2.31 bits per heavy atom. The van der Waals surface area contributed by atoms with Gasteiger partial charge in [-0.05, 0) is 26.1 Å². The molecule has 0 saturated carbocycles. The zero-order chi connectivity index (χ0) is 11.7. The molecular formula is C12H15NO3. The molecule has 1 atom stereocenters. The third-order valence-corrected chi connectivity index (χ3v) is 2.97. The van der Waals surface area contributed by atoms with E-state index in [1.807, 2.05) is 13.1 Å². The molecule has 0 aliphatic carbocycles. The second-order valence-electron chi connectivity index (χ2n) is 4.20. The van der Waals surface area contributed by atoms with Gasteiger partial charge in [0.1, 0.15) is 12.4 Å². The summed E-state index contributed by atoms with van der Waals surface area (Å²) in [5.74, 6) is -0.229. The van der Waals surface area contributed by atoms with Gasteiger partial charge in [0, 0.05) is 18.2 Å². The fourth-order valence-corrected chi connectivity index (χ4v) is 1.71. The van der Waals surface area contributed by atoms with Gasteiger partial charge >= 0.3 is 5.97 Å². The lowest BCUT2D eigenvalue weighted by Gasteiger charge is -2.19. The van der Waals surface area contributed by atoms with E-state index in [-0.39, 0.29) is 5.56 Å². The van der Waals surface area contributed by atoms with Crippen molar-refractivity contribution in [1.82, 2.24) is 4.90 Å². The standard InChI is InChI=1S/C12H15NO3/c1-8-7-16-11-5-9(12(14)15)3-4-10(11)6-13(8)2/h3-5,8H,6-7H2,1-2H3,(H,14,15)/t8-/m1/s1. The highest BCUT2D eigenvalue weighted by molar-refractivity contribution is 5.88. The second-order valence-corrected chi connectivity index (χ2v) is 4.20. The summed E-state index contributed by atoms with van der Waals surface area (Å²) in [6, 6.07) is 5.38. The summed E-state index contributed by atoms with van der Waals surface area (Å²) in [5.41, 5.74) is 1.31. The third-order valence-electron chi connectivity index (χ3n) is 2.97. The molecule has 1 aromatic carbocycles. The number of nitrogens with zero attached hydrogens (tertiary/aromatic N) is 1. The van der Waals surface area contributed by atoms with Crippen LogP contribution in [0.1, 0.15) is 22.8 Å². The molecule has 16 heavy (non-hydrogen) atoms. The molecule has 4 heteroatoms. The minimum absolute atomic E-state index is 0.274. The second kappa shape index (κ2) is 4.14. The smallest absolute Gasteiger partial charge is 0.335 e. The van der Waals surface area contributed by atoms with Gasteiger partial charge in [-0.25, -0.2) is 4.79 Å². The first-order valence-corrected chi connectivity index (χ1v) is 5.27. The number of fused-ring (bicyclic) bond motifs is 1. The SMILES string of the molecule is C[C@@H]1COc2cc(C(=O)O)ccc2CN1C. The summed E-state index contributed by atoms with van der Waals surface area (Å²) in [6.07, 6.45) is 0. The molecule has 0 spiro atoms. The van der Waals surface area contributed by atoms with Crippen LogP contribution < -0.4 is 4.74 Å². The lowest BCUT2D eigenvalue weighted by Crippen LogP contribution is -2.31. The minimum atomic E-state index is -0.919. The van der Waals surface area contributed by atoms with Crippen LogP contribution in [-0.4, -0.2) is 35.7 Å². The number of carboxylic acids is 1. The fourth-order valence-electron chi connectivity index (χ4n) is 1.71. The monoisotopic (exact) mass is 221 g/mol. The number of aromatic carboxylic acids is 1. The summed E-state index contributed by atoms with van der Waals surface area (Å²) < 4.78 is 5.62. The Bertz CT molecular complexity index is 417. The number of likely N-dealkylation sites (N-methyl/N-ethyl adjacent to an activating group) is 1. The van der Waals surface area contributed by atoms with Crippen molar-refractivity contribution in [2.75, 3.05) is 13.7 Å². The molecule has 0 fully saturated rings. The van der Waals surface area contributed by atoms with Crippen LogP contribution in [0.15, 0.2) is 18.2 Å². The molecule has 4 nitrogen and oxygen atoms in total. The van der Waals surface area contributed by atoms with E-state index in [4.69, 9.17) is 9.84 Å². The maximum absolute atomic E-state index is 10.8. The Morgan fingerprint density at radius 1 is 1.56 bits per heavy atom. The molecule has 0 bridgehead atoms. The average molecular weight is 221 g/mol. The summed E-state index contributed by atoms with van der Waals surface area (Å²) in [6.45, 7) is 3.47. The van der Waals surface area contributed by atoms with E-state index in [1.54, 1.807) is 12.1 Å². The van der Waals surface area contributed by atoms with Gasteiger partial charge in [-0.2, -0.15) is 0 Å². The predicted octanol–water partition coefficient (Wildman–Crippen LogP) is 1.60. The normalized spacial score (nSPS) is 20.8. The van der Waals surface area contributed by atoms with E-state index in [0.717, 1.165) is 12.1 Å². The van der Waals surface area contributed by atoms with Crippen molar-refractivity contribution in [2.24, 2.45) is 0 Å². The van der Waals surface area contributed by atoms with Crippen molar-refractivity contribution in [3.63, 3.8) is 0 Å². The van der Waals surface area contributed by atoms with Crippen molar-refractivity contribution in [1.29, 1.82) is 0 Å². The molecule has 0 unspecified atom stereocenters. The molecule has 1 aliphatic heterocycles. The molecule has 1 aromatic rings. The highest BCUT2D eigenvalue weighted by Crippen LogP contribution is 2.25. The third kappa shape index (κ3) is 2.02. The highest BCUT2D eigenvalue weighted by Gasteiger charge is 2.19. The molecule has 0 radical (unpaired) electrons. The van der Waals surface area contributed by atoms with Gasteiger partial charge in [0.25, 0.3) is 0 Å². The van der Waals surface area contributed by atoms with Gasteiger partial charge in [-0.15, -0.1) is 0 Å². The number of benzene rings is 1. The Morgan fingerprint density at radius 3 is 3.00 bits per heavy atom. The van der Waals surface area contributed by atoms with Crippen LogP contribution in [0.3, 0.4) is 0 Å². The molecule has 1 heterocycles. The maximum atomic E-state index is 10.8. The lowest BCUT2D eigenvalue weighted by molar-refractivity contribution is 0.0696. The maximum Gasteiger partial charge on any atom is 0.335 e. The number of carbonyl (C=O) groups is 1. The Kier molecular flexibility index (Phi) is 2.83. The summed E-state index contributed by atoms with van der Waals surface area (Å²) in [4.78, 5) is 13.0. The van der Waals surface area contributed by atoms with E-state index in [9.17, 15) is 4.79 Å². The average Bonchev–Trinajstić information content (AvgIpc) is 2.39. The zero-order valence-corrected chi connectivity index (χ0v) is 9.43. The van der Waals surface area contributed by atoms with Crippen molar-refractivity contribution in [2.45, 2.75) is 19.5 Å². The molecule has 1 N–H and O–H groups in total. The van der Waals surface area contributed by atoms with Gasteiger partial charge in [-0.3, -0.25) is 4.90 Å². The van der Waals surface area contributed by atoms with Gasteiger partial charge < -0.3 is 9.84 Å². The van der Waals surface area contributed by atoms with Crippen LogP contribution in [0.2, 0.25) is 0 Å². The van der Waals surface area contributed by atoms with E-state index < -0.39 is 5.97 Å². The van der Waals surface area contributed by atoms with Crippen LogP contribution in [0, 0.1) is 0 Å². The Hall–Kier alpha value is -1.55. The molecule has 1 aliphatic rings. The lowest BCUT2D eigenvalue weighted by atomic mass is 10.1. The summed E-state index contributed by atoms with van der Waals surface area (Å²) in [5, 5.41) is 8.89. The van der Waals surface area contributed by atoms with E-state index in [0.29, 0.717) is 18.4 Å². The molecule has 0 amide bonds. The first-order chi connectivity index (χ1) is 7.58. The van der Waals surface area contributed by atoms with Crippen molar-refractivity contribution < 1.29 is 14.6 Å². The van der Waals surface area contributed by atoms with Gasteiger partial charge in [0.05, 0.1) is 5.56 Å². The topological polar surface area (TPSA) is 49.8 Å². The quantitative estimate of drug-likeness (QED) is 0.782. The molecule has 86 valence electrons. The number of hydrogen-bond donors (Lipinski definition) is 1. The van der Waals surface area contributed by atoms with Gasteiger partial charge in [0.2, 0.25) is 0 Å². The fraction of sp³-hybridized carbons (Fsp3) is 0.417. The van der Waals surface area contributed by atoms with Gasteiger partial charge in [0.15, 0.2) is 0 Å². The summed E-state index contributed by atoms with van der Waals surface area (Å²) >= 11 is 0. The van der Waals surface area contributed by atoms with E-state index in [1.165, 1.54) is 0 Å². The van der Waals surface area contributed by atoms with Crippen LogP contribution >= 0.6 is 0 Å². The van der Waals surface area contributed by atoms with Crippen LogP contribution in [0.25, 0.3) is 0 Å². The number of hydrogen-bond acceptors (Lipinski definition) is 3. The first kappa shape index (κ1) is 11.0. The highest BCUT2D eigenvalue weighted by atomic mass is 16.5. The number of ether oxygens (including phenoxy) is 1. The Balaban J connectivity index is 2.34. The Labute approximate surface area is 94.4 Å². The molecule has 2 rings (SSSR count). The molecule has 0 saturated heterocycles. The van der Waals surface area contributed by atoms with Crippen molar-refractivity contribution in [3.8, 4) is 5.75 Å².